The van der Waals surface area contributed by atoms with Gasteiger partial charge in [0.05, 0.1) is 4.70 Å². The van der Waals surface area contributed by atoms with Crippen molar-refractivity contribution < 1.29 is 8.98 Å². The topological polar surface area (TPSA) is 42.8 Å². The van der Waals surface area contributed by atoms with Crippen LogP contribution in [0.3, 0.4) is 0 Å². The smallest absolute Gasteiger partial charge is 0.385 e. The van der Waals surface area contributed by atoms with Crippen LogP contribution in [0, 0.1) is 0 Å². The van der Waals surface area contributed by atoms with Gasteiger partial charge >= 0.3 is 5.89 Å². The van der Waals surface area contributed by atoms with Crippen LogP contribution in [0.4, 0.5) is 0 Å². The molecule has 5 heteroatoms. The Morgan fingerprint density at radius 2 is 2.05 bits per heavy atom. The Morgan fingerprint density at radius 1 is 1.16 bits per heavy atom. The first-order chi connectivity index (χ1) is 9.42. The zero-order valence-electron chi connectivity index (χ0n) is 9.83. The first-order valence-electron chi connectivity index (χ1n) is 6.06. The van der Waals surface area contributed by atoms with Crippen molar-refractivity contribution in [3.63, 3.8) is 0 Å². The van der Waals surface area contributed by atoms with E-state index in [4.69, 9.17) is 4.42 Å². The highest BCUT2D eigenvalue weighted by Crippen LogP contribution is 2.37. The molecule has 0 aromatic carbocycles. The molecule has 0 saturated carbocycles. The Kier molecular flexibility index (Phi) is 1.62. The first-order valence-corrected chi connectivity index (χ1v) is 6.87. The van der Waals surface area contributed by atoms with Crippen LogP contribution in [0.2, 0.25) is 0 Å². The molecule has 5 heterocycles. The van der Waals surface area contributed by atoms with E-state index in [2.05, 4.69) is 26.7 Å². The number of nitrogens with zero attached hydrogens (tertiary/aromatic N) is 3. The van der Waals surface area contributed by atoms with Crippen molar-refractivity contribution in [2.45, 2.75) is 6.54 Å². The van der Waals surface area contributed by atoms with E-state index in [9.17, 15) is 0 Å². The molecule has 1 aliphatic heterocycles. The second-order valence-corrected chi connectivity index (χ2v) is 5.59. The van der Waals surface area contributed by atoms with Crippen molar-refractivity contribution in [3.8, 4) is 11.5 Å². The molecule has 0 unspecified atom stereocenters. The molecule has 0 saturated heterocycles. The average molecular weight is 266 g/mol. The molecule has 4 aromatic heterocycles. The van der Waals surface area contributed by atoms with Crippen LogP contribution >= 0.6 is 11.3 Å². The van der Waals surface area contributed by atoms with Gasteiger partial charge in [-0.15, -0.1) is 4.57 Å². The summed E-state index contributed by atoms with van der Waals surface area (Å²) in [7, 11) is 0. The summed E-state index contributed by atoms with van der Waals surface area (Å²) < 4.78 is 9.37. The molecule has 4 aromatic rings. The van der Waals surface area contributed by atoms with Crippen LogP contribution in [-0.4, -0.2) is 9.97 Å². The molecule has 0 amide bonds. The zero-order valence-corrected chi connectivity index (χ0v) is 10.6. The molecule has 0 N–H and O–H groups in total. The van der Waals surface area contributed by atoms with Crippen LogP contribution in [0.25, 0.3) is 32.1 Å². The van der Waals surface area contributed by atoms with Crippen molar-refractivity contribution in [3.05, 3.63) is 42.4 Å². The van der Waals surface area contributed by atoms with Gasteiger partial charge in [0.25, 0.3) is 10.4 Å². The fourth-order valence-electron chi connectivity index (χ4n) is 2.71. The number of oxazole rings is 1. The molecule has 0 aliphatic carbocycles. The summed E-state index contributed by atoms with van der Waals surface area (Å²) in [6.45, 7) is 0.765. The predicted molar refractivity (Wildman–Crippen MR) is 71.9 cm³/mol. The lowest BCUT2D eigenvalue weighted by Gasteiger charge is -1.88. The lowest BCUT2D eigenvalue weighted by atomic mass is 10.2. The molecule has 5 rings (SSSR count). The second kappa shape index (κ2) is 3.19. The summed E-state index contributed by atoms with van der Waals surface area (Å²) in [5.41, 5.74) is 4.27. The predicted octanol–water partition coefficient (Wildman–Crippen LogP) is 2.75. The minimum atomic E-state index is 0.765. The Balaban J connectivity index is 1.94. The number of hydrogen-bond acceptors (Lipinski definition) is 4. The molecule has 19 heavy (non-hydrogen) atoms. The molecule has 0 atom stereocenters. The summed E-state index contributed by atoms with van der Waals surface area (Å²) in [6, 6.07) is 8.04. The van der Waals surface area contributed by atoms with Gasteiger partial charge in [0.15, 0.2) is 12.1 Å². The highest BCUT2D eigenvalue weighted by Gasteiger charge is 2.36. The molecule has 0 bridgehead atoms. The molecule has 1 aliphatic rings. The molecule has 90 valence electrons. The number of fused-ring (bicyclic) bond motifs is 7. The third-order valence-corrected chi connectivity index (χ3v) is 4.54. The Labute approximate surface area is 112 Å². The first kappa shape index (κ1) is 9.63. The molecule has 0 fully saturated rings. The van der Waals surface area contributed by atoms with E-state index in [0.29, 0.717) is 0 Å². The minimum Gasteiger partial charge on any atom is -0.386 e. The molecule has 0 spiro atoms. The lowest BCUT2D eigenvalue weighted by molar-refractivity contribution is -0.649. The zero-order chi connectivity index (χ0) is 12.4. The van der Waals surface area contributed by atoms with Crippen molar-refractivity contribution in [1.29, 1.82) is 0 Å². The van der Waals surface area contributed by atoms with Crippen molar-refractivity contribution in [2.75, 3.05) is 0 Å². The SMILES string of the molecule is c1cnc2c(c1)-c1oc3sc4cccnc4c3[n+]1C2. The summed E-state index contributed by atoms with van der Waals surface area (Å²) in [4.78, 5) is 9.85. The fraction of sp³-hybridized carbons (Fsp3) is 0.0714. The van der Waals surface area contributed by atoms with Crippen LogP contribution in [0.15, 0.2) is 41.1 Å². The van der Waals surface area contributed by atoms with E-state index in [1.165, 1.54) is 0 Å². The van der Waals surface area contributed by atoms with Gasteiger partial charge in [0, 0.05) is 12.4 Å². The summed E-state index contributed by atoms with van der Waals surface area (Å²) in [5, 5.41) is 0. The van der Waals surface area contributed by atoms with E-state index < -0.39 is 0 Å². The highest BCUT2D eigenvalue weighted by molar-refractivity contribution is 7.25. The van der Waals surface area contributed by atoms with Crippen molar-refractivity contribution in [2.24, 2.45) is 0 Å². The molecular formula is C14H8N3OS+. The normalized spacial score (nSPS) is 13.1. The lowest BCUT2D eigenvalue weighted by Crippen LogP contribution is -2.30. The van der Waals surface area contributed by atoms with Crippen LogP contribution in [0.5, 0.6) is 0 Å². The van der Waals surface area contributed by atoms with Crippen LogP contribution < -0.4 is 4.57 Å². The van der Waals surface area contributed by atoms with Crippen molar-refractivity contribution >= 4 is 32.0 Å². The number of pyridine rings is 2. The van der Waals surface area contributed by atoms with Gasteiger partial charge in [0.2, 0.25) is 0 Å². The highest BCUT2D eigenvalue weighted by atomic mass is 32.1. The number of rotatable bonds is 0. The Hall–Kier alpha value is -2.27. The maximum atomic E-state index is 6.02. The third kappa shape index (κ3) is 1.11. The van der Waals surface area contributed by atoms with Gasteiger partial charge in [-0.25, -0.2) is 4.98 Å². The standard InChI is InChI=1S/C14H8N3OS/c1-3-8-9(15-5-1)7-17-12-11-10(4-2-6-16-11)19-14(12)18-13(8)17/h1-6H,7H2/q+1. The van der Waals surface area contributed by atoms with Gasteiger partial charge in [-0.1, -0.05) is 11.3 Å². The van der Waals surface area contributed by atoms with Gasteiger partial charge in [-0.2, -0.15) is 0 Å². The van der Waals surface area contributed by atoms with Gasteiger partial charge in [-0.05, 0) is 24.3 Å². The molecule has 0 radical (unpaired) electrons. The van der Waals surface area contributed by atoms with Crippen molar-refractivity contribution in [1.82, 2.24) is 9.97 Å². The second-order valence-electron chi connectivity index (χ2n) is 4.58. The number of aromatic nitrogens is 3. The van der Waals surface area contributed by atoms with E-state index >= 15 is 0 Å². The van der Waals surface area contributed by atoms with E-state index in [1.807, 2.05) is 24.5 Å². The van der Waals surface area contributed by atoms with Gasteiger partial charge in [0.1, 0.15) is 11.3 Å². The van der Waals surface area contributed by atoms with Gasteiger partial charge in [-0.3, -0.25) is 4.98 Å². The van der Waals surface area contributed by atoms with Gasteiger partial charge < -0.3 is 4.42 Å². The maximum absolute atomic E-state index is 6.02. The number of hydrogen-bond donors (Lipinski definition) is 0. The van der Waals surface area contributed by atoms with Crippen LogP contribution in [-0.2, 0) is 6.54 Å². The quantitative estimate of drug-likeness (QED) is 0.405. The summed E-state index contributed by atoms with van der Waals surface area (Å²) in [6.07, 6.45) is 3.65. The van der Waals surface area contributed by atoms with E-state index in [-0.39, 0.29) is 0 Å². The average Bonchev–Trinajstić information content (AvgIpc) is 3.05. The molecular weight excluding hydrogens is 258 g/mol. The number of thiophene rings is 1. The van der Waals surface area contributed by atoms with E-state index in [1.54, 1.807) is 11.3 Å². The van der Waals surface area contributed by atoms with Crippen LogP contribution in [0.1, 0.15) is 5.69 Å². The van der Waals surface area contributed by atoms with E-state index in [0.717, 1.165) is 44.3 Å². The summed E-state index contributed by atoms with van der Waals surface area (Å²) >= 11 is 1.65. The Morgan fingerprint density at radius 3 is 3.05 bits per heavy atom. The monoisotopic (exact) mass is 266 g/mol. The minimum absolute atomic E-state index is 0.765. The Bertz CT molecular complexity index is 954. The summed E-state index contributed by atoms with van der Waals surface area (Å²) in [5.74, 6) is 0.900. The molecule has 4 nitrogen and oxygen atoms in total. The maximum Gasteiger partial charge on any atom is 0.385 e. The third-order valence-electron chi connectivity index (χ3n) is 3.52. The largest absolute Gasteiger partial charge is 0.386 e. The fourth-order valence-corrected chi connectivity index (χ4v) is 3.72.